The van der Waals surface area contributed by atoms with Crippen molar-refractivity contribution in [3.05, 3.63) is 71.9 Å². The summed E-state index contributed by atoms with van der Waals surface area (Å²) in [6.45, 7) is 2.00. The molecule has 4 heteroatoms. The van der Waals surface area contributed by atoms with Crippen molar-refractivity contribution < 1.29 is 9.53 Å². The normalized spacial score (nSPS) is 10.3. The zero-order valence-corrected chi connectivity index (χ0v) is 11.6. The van der Waals surface area contributed by atoms with E-state index in [9.17, 15) is 4.79 Å². The van der Waals surface area contributed by atoms with Gasteiger partial charge in [0.05, 0.1) is 11.3 Å². The molecule has 2 aromatic carbocycles. The molecule has 0 saturated carbocycles. The second kappa shape index (κ2) is 5.63. The molecule has 4 nitrogen and oxygen atoms in total. The molecule has 0 N–H and O–H groups in total. The second-order valence-corrected chi connectivity index (χ2v) is 4.65. The molecular weight excluding hydrogens is 264 g/mol. The largest absolute Gasteiger partial charge is 0.437 e. The van der Waals surface area contributed by atoms with Gasteiger partial charge in [0, 0.05) is 6.20 Å². The monoisotopic (exact) mass is 278 g/mol. The zero-order chi connectivity index (χ0) is 14.7. The summed E-state index contributed by atoms with van der Waals surface area (Å²) in [6.07, 6.45) is 2.42. The van der Waals surface area contributed by atoms with Gasteiger partial charge in [0.1, 0.15) is 5.75 Å². The highest BCUT2D eigenvalue weighted by Gasteiger charge is 2.12. The van der Waals surface area contributed by atoms with Gasteiger partial charge in [-0.25, -0.2) is 4.68 Å². The maximum Gasteiger partial charge on any atom is 0.249 e. The van der Waals surface area contributed by atoms with Crippen LogP contribution in [0.2, 0.25) is 0 Å². The van der Waals surface area contributed by atoms with Gasteiger partial charge < -0.3 is 4.74 Å². The molecule has 0 unspecified atom stereocenters. The van der Waals surface area contributed by atoms with E-state index in [1.165, 1.54) is 0 Å². The molecule has 3 rings (SSSR count). The maximum absolute atomic E-state index is 11.2. The SMILES string of the molecule is Cc1ccccc1-n1cc(C=O)c(Oc2ccccc2)n1. The number of aldehydes is 1. The van der Waals surface area contributed by atoms with Crippen molar-refractivity contribution in [1.29, 1.82) is 0 Å². The van der Waals surface area contributed by atoms with Crippen LogP contribution in [0.5, 0.6) is 11.6 Å². The van der Waals surface area contributed by atoms with Crippen LogP contribution in [-0.2, 0) is 0 Å². The number of nitrogens with zero attached hydrogens (tertiary/aromatic N) is 2. The summed E-state index contributed by atoms with van der Waals surface area (Å²) in [5.74, 6) is 0.954. The quantitative estimate of drug-likeness (QED) is 0.682. The number of rotatable bonds is 4. The topological polar surface area (TPSA) is 44.1 Å². The third kappa shape index (κ3) is 2.69. The van der Waals surface area contributed by atoms with Crippen LogP contribution in [0.15, 0.2) is 60.8 Å². The van der Waals surface area contributed by atoms with Crippen LogP contribution in [0.4, 0.5) is 0 Å². The van der Waals surface area contributed by atoms with Crippen LogP contribution in [-0.4, -0.2) is 16.1 Å². The average molecular weight is 278 g/mol. The van der Waals surface area contributed by atoms with Gasteiger partial charge in [-0.15, -0.1) is 5.10 Å². The molecule has 0 radical (unpaired) electrons. The lowest BCUT2D eigenvalue weighted by atomic mass is 10.2. The fourth-order valence-electron chi connectivity index (χ4n) is 2.08. The molecule has 0 aliphatic rings. The van der Waals surface area contributed by atoms with Crippen LogP contribution < -0.4 is 4.74 Å². The Hall–Kier alpha value is -2.88. The van der Waals surface area contributed by atoms with Gasteiger partial charge in [-0.2, -0.15) is 0 Å². The minimum Gasteiger partial charge on any atom is -0.437 e. The lowest BCUT2D eigenvalue weighted by molar-refractivity contribution is 0.112. The van der Waals surface area contributed by atoms with Gasteiger partial charge in [0.2, 0.25) is 5.88 Å². The maximum atomic E-state index is 11.2. The predicted molar refractivity (Wildman–Crippen MR) is 80.2 cm³/mol. The number of hydrogen-bond acceptors (Lipinski definition) is 3. The summed E-state index contributed by atoms with van der Waals surface area (Å²) < 4.78 is 7.34. The van der Waals surface area contributed by atoms with Gasteiger partial charge in [0.15, 0.2) is 6.29 Å². The fourth-order valence-corrected chi connectivity index (χ4v) is 2.08. The third-order valence-electron chi connectivity index (χ3n) is 3.15. The minimum atomic E-state index is 0.305. The standard InChI is InChI=1S/C17H14N2O2/c1-13-7-5-6-10-16(13)19-11-14(12-20)17(18-19)21-15-8-3-2-4-9-15/h2-12H,1H3. The Morgan fingerprint density at radius 1 is 1.05 bits per heavy atom. The molecule has 0 aliphatic heterocycles. The molecule has 21 heavy (non-hydrogen) atoms. The fraction of sp³-hybridized carbons (Fsp3) is 0.0588. The van der Waals surface area contributed by atoms with E-state index in [1.54, 1.807) is 10.9 Å². The lowest BCUT2D eigenvalue weighted by Gasteiger charge is -2.05. The van der Waals surface area contributed by atoms with Crippen molar-refractivity contribution >= 4 is 6.29 Å². The van der Waals surface area contributed by atoms with Crippen LogP contribution in [0, 0.1) is 6.92 Å². The number of aromatic nitrogens is 2. The van der Waals surface area contributed by atoms with Crippen LogP contribution in [0.25, 0.3) is 5.69 Å². The van der Waals surface area contributed by atoms with Gasteiger partial charge >= 0.3 is 0 Å². The van der Waals surface area contributed by atoms with E-state index in [0.717, 1.165) is 17.5 Å². The first-order valence-corrected chi connectivity index (χ1v) is 6.61. The second-order valence-electron chi connectivity index (χ2n) is 4.65. The number of aryl methyl sites for hydroxylation is 1. The number of carbonyl (C=O) groups is 1. The van der Waals surface area contributed by atoms with E-state index < -0.39 is 0 Å². The van der Waals surface area contributed by atoms with Crippen molar-refractivity contribution in [2.45, 2.75) is 6.92 Å². The number of ether oxygens (including phenoxy) is 1. The van der Waals surface area contributed by atoms with Gasteiger partial charge in [0.25, 0.3) is 0 Å². The molecule has 0 spiro atoms. The molecule has 0 amide bonds. The Labute approximate surface area is 122 Å². The van der Waals surface area contributed by atoms with E-state index in [4.69, 9.17) is 4.74 Å². The highest BCUT2D eigenvalue weighted by atomic mass is 16.5. The number of hydrogen-bond donors (Lipinski definition) is 0. The predicted octanol–water partition coefficient (Wildman–Crippen LogP) is 3.79. The minimum absolute atomic E-state index is 0.305. The average Bonchev–Trinajstić information content (AvgIpc) is 2.91. The highest BCUT2D eigenvalue weighted by molar-refractivity contribution is 5.78. The summed E-state index contributed by atoms with van der Waals surface area (Å²) in [6, 6.07) is 17.1. The van der Waals surface area contributed by atoms with E-state index in [1.807, 2.05) is 61.5 Å². The van der Waals surface area contributed by atoms with Gasteiger partial charge in [-0.1, -0.05) is 36.4 Å². The van der Waals surface area contributed by atoms with E-state index in [-0.39, 0.29) is 0 Å². The Bertz CT molecular complexity index is 763. The van der Waals surface area contributed by atoms with E-state index in [0.29, 0.717) is 17.2 Å². The molecular formula is C17H14N2O2. The first kappa shape index (κ1) is 13.1. The van der Waals surface area contributed by atoms with Crippen molar-refractivity contribution in [3.8, 4) is 17.3 Å². The third-order valence-corrected chi connectivity index (χ3v) is 3.15. The molecule has 3 aromatic rings. The van der Waals surface area contributed by atoms with Crippen molar-refractivity contribution in [1.82, 2.24) is 9.78 Å². The smallest absolute Gasteiger partial charge is 0.249 e. The zero-order valence-electron chi connectivity index (χ0n) is 11.6. The van der Waals surface area contributed by atoms with Crippen molar-refractivity contribution in [2.75, 3.05) is 0 Å². The summed E-state index contributed by atoms with van der Waals surface area (Å²) >= 11 is 0. The Morgan fingerprint density at radius 2 is 1.76 bits per heavy atom. The molecule has 104 valence electrons. The Balaban J connectivity index is 1.99. The summed E-state index contributed by atoms with van der Waals surface area (Å²) in [5.41, 5.74) is 2.41. The lowest BCUT2D eigenvalue weighted by Crippen LogP contribution is -1.97. The summed E-state index contributed by atoms with van der Waals surface area (Å²) in [7, 11) is 0. The molecule has 0 fully saturated rings. The van der Waals surface area contributed by atoms with E-state index >= 15 is 0 Å². The van der Waals surface area contributed by atoms with Gasteiger partial charge in [-0.3, -0.25) is 4.79 Å². The first-order chi connectivity index (χ1) is 10.3. The Kier molecular flexibility index (Phi) is 3.51. The molecule has 0 saturated heterocycles. The number of para-hydroxylation sites is 2. The van der Waals surface area contributed by atoms with E-state index in [2.05, 4.69) is 5.10 Å². The first-order valence-electron chi connectivity index (χ1n) is 6.61. The van der Waals surface area contributed by atoms with Crippen LogP contribution in [0.3, 0.4) is 0 Å². The van der Waals surface area contributed by atoms with Crippen molar-refractivity contribution in [2.24, 2.45) is 0 Å². The summed E-state index contributed by atoms with van der Waals surface area (Å²) in [4.78, 5) is 11.2. The molecule has 1 aromatic heterocycles. The van der Waals surface area contributed by atoms with Gasteiger partial charge in [-0.05, 0) is 30.7 Å². The molecule has 0 aliphatic carbocycles. The Morgan fingerprint density at radius 3 is 2.48 bits per heavy atom. The molecule has 1 heterocycles. The number of benzene rings is 2. The van der Waals surface area contributed by atoms with Crippen LogP contribution >= 0.6 is 0 Å². The molecule has 0 bridgehead atoms. The highest BCUT2D eigenvalue weighted by Crippen LogP contribution is 2.24. The molecule has 0 atom stereocenters. The number of carbonyl (C=O) groups excluding carboxylic acids is 1. The van der Waals surface area contributed by atoms with Crippen LogP contribution in [0.1, 0.15) is 15.9 Å². The van der Waals surface area contributed by atoms with Crippen molar-refractivity contribution in [3.63, 3.8) is 0 Å². The summed E-state index contributed by atoms with van der Waals surface area (Å²) in [5, 5.41) is 4.37.